The maximum Gasteiger partial charge on any atom is 0.332 e. The summed E-state index contributed by atoms with van der Waals surface area (Å²) in [5.74, 6) is 0.0898. The summed E-state index contributed by atoms with van der Waals surface area (Å²) < 4.78 is 5.43. The molecule has 7 nitrogen and oxygen atoms in total. The van der Waals surface area contributed by atoms with Gasteiger partial charge in [0, 0.05) is 11.7 Å². The molecule has 1 aliphatic carbocycles. The van der Waals surface area contributed by atoms with Gasteiger partial charge >= 0.3 is 6.03 Å². The first-order chi connectivity index (χ1) is 15.5. The van der Waals surface area contributed by atoms with E-state index in [2.05, 4.69) is 5.32 Å². The van der Waals surface area contributed by atoms with Crippen molar-refractivity contribution >= 4 is 29.2 Å². The van der Waals surface area contributed by atoms with Gasteiger partial charge in [-0.05, 0) is 68.7 Å². The Morgan fingerprint density at radius 1 is 1.09 bits per heavy atom. The molecule has 1 N–H and O–H groups in total. The predicted octanol–water partition coefficient (Wildman–Crippen LogP) is 4.50. The molecule has 32 heavy (non-hydrogen) atoms. The highest BCUT2D eigenvalue weighted by Crippen LogP contribution is 2.34. The van der Waals surface area contributed by atoms with Gasteiger partial charge in [-0.25, -0.2) is 9.69 Å². The summed E-state index contributed by atoms with van der Waals surface area (Å²) >= 11 is 0. The van der Waals surface area contributed by atoms with Gasteiger partial charge < -0.3 is 15.0 Å². The Morgan fingerprint density at radius 2 is 1.81 bits per heavy atom. The van der Waals surface area contributed by atoms with Crippen molar-refractivity contribution in [3.8, 4) is 5.75 Å². The number of hydrogen-bond acceptors (Lipinski definition) is 4. The molecule has 2 aromatic carbocycles. The van der Waals surface area contributed by atoms with Crippen LogP contribution in [0.3, 0.4) is 0 Å². The van der Waals surface area contributed by atoms with E-state index in [4.69, 9.17) is 4.74 Å². The lowest BCUT2D eigenvalue weighted by Gasteiger charge is -2.27. The fraction of sp³-hybridized carbons (Fsp3) is 0.400. The van der Waals surface area contributed by atoms with E-state index < -0.39 is 6.04 Å². The lowest BCUT2D eigenvalue weighted by atomic mass is 10.1. The van der Waals surface area contributed by atoms with Crippen LogP contribution < -0.4 is 15.0 Å². The molecule has 1 heterocycles. The summed E-state index contributed by atoms with van der Waals surface area (Å²) in [6, 6.07) is 13.3. The number of anilines is 2. The minimum atomic E-state index is -0.797. The summed E-state index contributed by atoms with van der Waals surface area (Å²) in [5, 5.41) is 2.85. The Labute approximate surface area is 188 Å². The number of hydrogen-bond donors (Lipinski definition) is 1. The number of benzene rings is 2. The van der Waals surface area contributed by atoms with Crippen LogP contribution in [-0.2, 0) is 9.59 Å². The molecule has 2 fully saturated rings. The number of ether oxygens (including phenoxy) is 1. The second kappa shape index (κ2) is 9.42. The molecule has 0 bridgehead atoms. The van der Waals surface area contributed by atoms with Gasteiger partial charge in [0.05, 0.1) is 18.7 Å². The van der Waals surface area contributed by atoms with Crippen LogP contribution in [0.1, 0.15) is 44.6 Å². The summed E-state index contributed by atoms with van der Waals surface area (Å²) in [6.07, 6.45) is 3.70. The number of urea groups is 1. The quantitative estimate of drug-likeness (QED) is 0.650. The van der Waals surface area contributed by atoms with Gasteiger partial charge in [-0.2, -0.15) is 0 Å². The zero-order valence-electron chi connectivity index (χ0n) is 18.5. The minimum Gasteiger partial charge on any atom is -0.494 e. The van der Waals surface area contributed by atoms with Crippen molar-refractivity contribution in [1.29, 1.82) is 0 Å². The van der Waals surface area contributed by atoms with E-state index in [1.165, 1.54) is 4.90 Å². The maximum atomic E-state index is 13.4. The van der Waals surface area contributed by atoms with Gasteiger partial charge in [0.2, 0.25) is 5.91 Å². The van der Waals surface area contributed by atoms with Crippen LogP contribution in [0.15, 0.2) is 48.5 Å². The molecule has 1 saturated carbocycles. The molecule has 4 amide bonds. The van der Waals surface area contributed by atoms with Gasteiger partial charge in [-0.1, -0.05) is 25.0 Å². The molecule has 0 radical (unpaired) electrons. The van der Waals surface area contributed by atoms with Crippen molar-refractivity contribution in [2.24, 2.45) is 0 Å². The molecule has 1 aliphatic heterocycles. The normalized spacial score (nSPS) is 19.0. The van der Waals surface area contributed by atoms with Crippen molar-refractivity contribution < 1.29 is 19.1 Å². The van der Waals surface area contributed by atoms with Crippen LogP contribution in [0, 0.1) is 6.92 Å². The number of amides is 4. The molecule has 2 aromatic rings. The molecular formula is C25H29N3O4. The SMILES string of the molecule is CCOc1ccc(NC(=O)CC2C(=O)N(c3cccc(C)c3)C(=O)N2C2CCCC2)cc1. The number of nitrogens with one attached hydrogen (secondary N) is 1. The monoisotopic (exact) mass is 435 g/mol. The first-order valence-electron chi connectivity index (χ1n) is 11.2. The molecule has 1 saturated heterocycles. The average Bonchev–Trinajstić information content (AvgIpc) is 3.36. The smallest absolute Gasteiger partial charge is 0.332 e. The summed E-state index contributed by atoms with van der Waals surface area (Å²) in [5.41, 5.74) is 2.14. The van der Waals surface area contributed by atoms with Gasteiger partial charge in [0.15, 0.2) is 0 Å². The standard InChI is InChI=1S/C25H29N3O4/c1-3-32-21-13-11-18(12-14-21)26-23(29)16-22-24(30)28(20-10-6-7-17(2)15-20)25(31)27(22)19-8-4-5-9-19/h6-7,10-15,19,22H,3-5,8-9,16H2,1-2H3,(H,26,29). The Morgan fingerprint density at radius 3 is 2.47 bits per heavy atom. The second-order valence-electron chi connectivity index (χ2n) is 8.37. The topological polar surface area (TPSA) is 79.0 Å². The van der Waals surface area contributed by atoms with Crippen molar-refractivity contribution in [2.45, 2.75) is 58.0 Å². The van der Waals surface area contributed by atoms with E-state index in [9.17, 15) is 14.4 Å². The van der Waals surface area contributed by atoms with Crippen molar-refractivity contribution in [3.63, 3.8) is 0 Å². The number of carbonyl (C=O) groups is 3. The first kappa shape index (κ1) is 21.9. The first-order valence-corrected chi connectivity index (χ1v) is 11.2. The largest absolute Gasteiger partial charge is 0.494 e. The predicted molar refractivity (Wildman–Crippen MR) is 123 cm³/mol. The van der Waals surface area contributed by atoms with E-state index in [0.717, 1.165) is 37.0 Å². The number of imide groups is 1. The van der Waals surface area contributed by atoms with Crippen LogP contribution in [0.25, 0.3) is 0 Å². The van der Waals surface area contributed by atoms with Crippen LogP contribution in [-0.4, -0.2) is 41.4 Å². The van der Waals surface area contributed by atoms with Gasteiger partial charge in [0.25, 0.3) is 5.91 Å². The molecular weight excluding hydrogens is 406 g/mol. The highest BCUT2D eigenvalue weighted by molar-refractivity contribution is 6.22. The average molecular weight is 436 g/mol. The summed E-state index contributed by atoms with van der Waals surface area (Å²) in [6.45, 7) is 4.40. The lowest BCUT2D eigenvalue weighted by molar-refractivity contribution is -0.124. The van der Waals surface area contributed by atoms with Crippen LogP contribution in [0.5, 0.6) is 5.75 Å². The third kappa shape index (κ3) is 4.47. The molecule has 0 aromatic heterocycles. The Hall–Kier alpha value is -3.35. The van der Waals surface area contributed by atoms with Crippen LogP contribution in [0.4, 0.5) is 16.2 Å². The zero-order chi connectivity index (χ0) is 22.7. The second-order valence-corrected chi connectivity index (χ2v) is 8.37. The zero-order valence-corrected chi connectivity index (χ0v) is 18.5. The van der Waals surface area contributed by atoms with Crippen LogP contribution in [0.2, 0.25) is 0 Å². The van der Waals surface area contributed by atoms with Gasteiger partial charge in [-0.15, -0.1) is 0 Å². The Kier molecular flexibility index (Phi) is 6.44. The van der Waals surface area contributed by atoms with E-state index in [1.54, 1.807) is 35.2 Å². The van der Waals surface area contributed by atoms with E-state index in [0.29, 0.717) is 18.0 Å². The molecule has 0 spiro atoms. The lowest BCUT2D eigenvalue weighted by Crippen LogP contribution is -2.43. The molecule has 2 aliphatic rings. The number of aryl methyl sites for hydroxylation is 1. The molecule has 1 atom stereocenters. The van der Waals surface area contributed by atoms with E-state index >= 15 is 0 Å². The van der Waals surface area contributed by atoms with E-state index in [1.807, 2.05) is 32.0 Å². The van der Waals surface area contributed by atoms with Gasteiger partial charge in [0.1, 0.15) is 11.8 Å². The number of nitrogens with zero attached hydrogens (tertiary/aromatic N) is 2. The number of rotatable bonds is 7. The molecule has 4 rings (SSSR count). The molecule has 7 heteroatoms. The minimum absolute atomic E-state index is 0.00969. The Balaban J connectivity index is 1.53. The molecule has 168 valence electrons. The molecule has 1 unspecified atom stereocenters. The van der Waals surface area contributed by atoms with Crippen molar-refractivity contribution in [3.05, 3.63) is 54.1 Å². The highest BCUT2D eigenvalue weighted by Gasteiger charge is 2.49. The van der Waals surface area contributed by atoms with Crippen molar-refractivity contribution in [1.82, 2.24) is 4.90 Å². The summed E-state index contributed by atoms with van der Waals surface area (Å²) in [7, 11) is 0. The third-order valence-electron chi connectivity index (χ3n) is 6.06. The fourth-order valence-electron chi connectivity index (χ4n) is 4.58. The van der Waals surface area contributed by atoms with Crippen LogP contribution >= 0.6 is 0 Å². The van der Waals surface area contributed by atoms with Gasteiger partial charge in [-0.3, -0.25) is 9.59 Å². The van der Waals surface area contributed by atoms with Crippen molar-refractivity contribution in [2.75, 3.05) is 16.8 Å². The van der Waals surface area contributed by atoms with E-state index in [-0.39, 0.29) is 30.3 Å². The fourth-order valence-corrected chi connectivity index (χ4v) is 4.58. The number of carbonyl (C=O) groups excluding carboxylic acids is 3. The summed E-state index contributed by atoms with van der Waals surface area (Å²) in [4.78, 5) is 42.4. The Bertz CT molecular complexity index is 999. The third-order valence-corrected chi connectivity index (χ3v) is 6.06. The highest BCUT2D eigenvalue weighted by atomic mass is 16.5. The maximum absolute atomic E-state index is 13.4.